The van der Waals surface area contributed by atoms with E-state index in [1.807, 2.05) is 0 Å². The minimum atomic E-state index is -0.238. The summed E-state index contributed by atoms with van der Waals surface area (Å²) in [5.41, 5.74) is 0. The average molecular weight is 253 g/mol. The molecule has 6 heteroatoms. The van der Waals surface area contributed by atoms with Gasteiger partial charge in [0.2, 0.25) is 17.7 Å². The van der Waals surface area contributed by atoms with E-state index in [1.54, 1.807) is 18.9 Å². The Morgan fingerprint density at radius 2 is 2.06 bits per heavy atom. The van der Waals surface area contributed by atoms with Gasteiger partial charge in [0, 0.05) is 19.9 Å². The highest BCUT2D eigenvalue weighted by Gasteiger charge is 2.27. The Bertz CT molecular complexity index is 410. The fourth-order valence-electron chi connectivity index (χ4n) is 2.32. The van der Waals surface area contributed by atoms with Gasteiger partial charge in [-0.15, -0.1) is 10.2 Å². The number of aryl methyl sites for hydroxylation is 1. The number of aliphatic hydroxyl groups is 1. The highest BCUT2D eigenvalue weighted by atomic mass is 16.4. The molecule has 1 saturated carbocycles. The van der Waals surface area contributed by atoms with Gasteiger partial charge in [-0.3, -0.25) is 4.79 Å². The summed E-state index contributed by atoms with van der Waals surface area (Å²) in [4.78, 5) is 13.8. The molecule has 0 saturated heterocycles. The number of amides is 1. The molecular formula is C12H19N3O3. The lowest BCUT2D eigenvalue weighted by Crippen LogP contribution is -2.35. The van der Waals surface area contributed by atoms with Crippen LogP contribution in [0.25, 0.3) is 0 Å². The summed E-state index contributed by atoms with van der Waals surface area (Å²) in [6.07, 6.45) is 2.70. The number of rotatable bonds is 3. The second-order valence-electron chi connectivity index (χ2n) is 4.91. The molecule has 0 atom stereocenters. The van der Waals surface area contributed by atoms with E-state index < -0.39 is 0 Å². The molecule has 0 aromatic carbocycles. The van der Waals surface area contributed by atoms with Crippen molar-refractivity contribution in [2.75, 3.05) is 7.05 Å². The molecule has 6 nitrogen and oxygen atoms in total. The molecule has 1 aromatic heterocycles. The molecule has 1 aromatic rings. The Hall–Kier alpha value is -1.43. The van der Waals surface area contributed by atoms with Crippen molar-refractivity contribution in [3.63, 3.8) is 0 Å². The zero-order chi connectivity index (χ0) is 13.1. The van der Waals surface area contributed by atoms with Gasteiger partial charge in [-0.25, -0.2) is 0 Å². The maximum atomic E-state index is 12.2. The Labute approximate surface area is 106 Å². The topological polar surface area (TPSA) is 79.5 Å². The van der Waals surface area contributed by atoms with Crippen LogP contribution in [0.3, 0.4) is 0 Å². The number of carbonyl (C=O) groups is 1. The lowest BCUT2D eigenvalue weighted by Gasteiger charge is -2.27. The van der Waals surface area contributed by atoms with Gasteiger partial charge in [-0.05, 0) is 25.7 Å². The highest BCUT2D eigenvalue weighted by Crippen LogP contribution is 2.25. The number of carbonyl (C=O) groups excluding carboxylic acids is 1. The number of aromatic nitrogens is 2. The predicted octanol–water partition coefficient (Wildman–Crippen LogP) is 0.888. The van der Waals surface area contributed by atoms with Crippen LogP contribution in [0.15, 0.2) is 4.42 Å². The molecule has 0 aliphatic heterocycles. The van der Waals surface area contributed by atoms with Crippen molar-refractivity contribution in [3.05, 3.63) is 11.8 Å². The molecule has 1 amide bonds. The van der Waals surface area contributed by atoms with E-state index in [2.05, 4.69) is 10.2 Å². The van der Waals surface area contributed by atoms with Crippen molar-refractivity contribution in [1.82, 2.24) is 15.1 Å². The van der Waals surface area contributed by atoms with Gasteiger partial charge in [0.15, 0.2) is 0 Å². The summed E-state index contributed by atoms with van der Waals surface area (Å²) >= 11 is 0. The van der Waals surface area contributed by atoms with Crippen LogP contribution in [0, 0.1) is 12.8 Å². The molecule has 1 heterocycles. The molecule has 1 N–H and O–H groups in total. The third-order valence-electron chi connectivity index (χ3n) is 3.36. The fourth-order valence-corrected chi connectivity index (χ4v) is 2.32. The van der Waals surface area contributed by atoms with Crippen LogP contribution in [0.1, 0.15) is 37.5 Å². The van der Waals surface area contributed by atoms with Gasteiger partial charge in [0.1, 0.15) is 0 Å². The van der Waals surface area contributed by atoms with E-state index in [9.17, 15) is 9.90 Å². The first kappa shape index (κ1) is 13.0. The van der Waals surface area contributed by atoms with E-state index in [4.69, 9.17) is 4.42 Å². The summed E-state index contributed by atoms with van der Waals surface area (Å²) in [7, 11) is 1.74. The van der Waals surface area contributed by atoms with E-state index in [1.165, 1.54) is 0 Å². The lowest BCUT2D eigenvalue weighted by molar-refractivity contribution is -0.136. The molecule has 100 valence electrons. The molecular weight excluding hydrogens is 234 g/mol. The van der Waals surface area contributed by atoms with E-state index in [-0.39, 0.29) is 17.9 Å². The Kier molecular flexibility index (Phi) is 3.96. The van der Waals surface area contributed by atoms with Crippen LogP contribution in [0.2, 0.25) is 0 Å². The van der Waals surface area contributed by atoms with E-state index >= 15 is 0 Å². The largest absolute Gasteiger partial charge is 0.424 e. The molecule has 1 aliphatic carbocycles. The zero-order valence-corrected chi connectivity index (χ0v) is 10.8. The summed E-state index contributed by atoms with van der Waals surface area (Å²) in [6, 6.07) is 0. The van der Waals surface area contributed by atoms with Gasteiger partial charge >= 0.3 is 0 Å². The maximum Gasteiger partial charge on any atom is 0.235 e. The van der Waals surface area contributed by atoms with Gasteiger partial charge in [-0.2, -0.15) is 0 Å². The lowest BCUT2D eigenvalue weighted by atomic mass is 9.86. The van der Waals surface area contributed by atoms with Crippen LogP contribution in [0.4, 0.5) is 0 Å². The van der Waals surface area contributed by atoms with Crippen LogP contribution in [-0.4, -0.2) is 39.3 Å². The molecule has 0 bridgehead atoms. The Morgan fingerprint density at radius 1 is 1.39 bits per heavy atom. The van der Waals surface area contributed by atoms with Crippen LogP contribution in [0.5, 0.6) is 0 Å². The van der Waals surface area contributed by atoms with Crippen molar-refractivity contribution in [1.29, 1.82) is 0 Å². The first-order valence-corrected chi connectivity index (χ1v) is 6.28. The Balaban J connectivity index is 1.88. The average Bonchev–Trinajstić information content (AvgIpc) is 2.75. The fraction of sp³-hybridized carbons (Fsp3) is 0.750. The molecule has 1 fully saturated rings. The molecule has 2 rings (SSSR count). The number of aliphatic hydroxyl groups excluding tert-OH is 1. The van der Waals surface area contributed by atoms with Crippen molar-refractivity contribution >= 4 is 5.91 Å². The van der Waals surface area contributed by atoms with Crippen molar-refractivity contribution < 1.29 is 14.3 Å². The predicted molar refractivity (Wildman–Crippen MR) is 63.5 cm³/mol. The monoisotopic (exact) mass is 253 g/mol. The number of hydrogen-bond donors (Lipinski definition) is 1. The van der Waals surface area contributed by atoms with Gasteiger partial charge in [-0.1, -0.05) is 0 Å². The van der Waals surface area contributed by atoms with Crippen molar-refractivity contribution in [2.45, 2.75) is 45.3 Å². The standard InChI is InChI=1S/C12H19N3O3/c1-8-13-14-11(18-8)7-15(2)12(17)9-3-5-10(16)6-4-9/h9-10,16H,3-7H2,1-2H3. The first-order chi connectivity index (χ1) is 8.56. The SMILES string of the molecule is Cc1nnc(CN(C)C(=O)C2CCC(O)CC2)o1. The normalized spacial score (nSPS) is 23.9. The summed E-state index contributed by atoms with van der Waals surface area (Å²) in [6.45, 7) is 2.07. The zero-order valence-electron chi connectivity index (χ0n) is 10.8. The highest BCUT2D eigenvalue weighted by molar-refractivity contribution is 5.78. The minimum Gasteiger partial charge on any atom is -0.424 e. The van der Waals surface area contributed by atoms with Gasteiger partial charge in [0.05, 0.1) is 12.6 Å². The molecule has 0 spiro atoms. The molecule has 0 unspecified atom stereocenters. The van der Waals surface area contributed by atoms with Crippen LogP contribution in [-0.2, 0) is 11.3 Å². The smallest absolute Gasteiger partial charge is 0.235 e. The van der Waals surface area contributed by atoms with E-state index in [0.29, 0.717) is 31.2 Å². The second kappa shape index (κ2) is 5.48. The van der Waals surface area contributed by atoms with E-state index in [0.717, 1.165) is 12.8 Å². The Morgan fingerprint density at radius 3 is 2.61 bits per heavy atom. The second-order valence-corrected chi connectivity index (χ2v) is 4.91. The summed E-state index contributed by atoms with van der Waals surface area (Å²) in [5, 5.41) is 17.0. The summed E-state index contributed by atoms with van der Waals surface area (Å²) in [5.74, 6) is 1.08. The number of hydrogen-bond acceptors (Lipinski definition) is 5. The van der Waals surface area contributed by atoms with Crippen LogP contribution >= 0.6 is 0 Å². The number of nitrogens with zero attached hydrogens (tertiary/aromatic N) is 3. The molecule has 18 heavy (non-hydrogen) atoms. The summed E-state index contributed by atoms with van der Waals surface area (Å²) < 4.78 is 5.25. The minimum absolute atomic E-state index is 0.0161. The third-order valence-corrected chi connectivity index (χ3v) is 3.36. The van der Waals surface area contributed by atoms with Gasteiger partial charge in [0.25, 0.3) is 0 Å². The quantitative estimate of drug-likeness (QED) is 0.865. The van der Waals surface area contributed by atoms with Gasteiger partial charge < -0.3 is 14.4 Å². The first-order valence-electron chi connectivity index (χ1n) is 6.28. The molecule has 0 radical (unpaired) electrons. The molecule has 1 aliphatic rings. The van der Waals surface area contributed by atoms with Crippen molar-refractivity contribution in [3.8, 4) is 0 Å². The third kappa shape index (κ3) is 3.07. The van der Waals surface area contributed by atoms with Crippen molar-refractivity contribution in [2.24, 2.45) is 5.92 Å². The van der Waals surface area contributed by atoms with Crippen LogP contribution < -0.4 is 0 Å². The maximum absolute atomic E-state index is 12.2.